The van der Waals surface area contributed by atoms with E-state index in [9.17, 15) is 4.79 Å². The van der Waals surface area contributed by atoms with Gasteiger partial charge in [-0.05, 0) is 6.92 Å². The molecular formula is C11H25ClIN3O3. The van der Waals surface area contributed by atoms with E-state index in [1.807, 2.05) is 14.1 Å². The van der Waals surface area contributed by atoms with Crippen LogP contribution in [0, 0.1) is 5.41 Å². The Kier molecular flexibility index (Phi) is 16.2. The van der Waals surface area contributed by atoms with Gasteiger partial charge in [0.25, 0.3) is 0 Å². The molecule has 0 atom stereocenters. The molecule has 0 aromatic carbocycles. The molecule has 0 aromatic heterocycles. The Morgan fingerprint density at radius 2 is 1.95 bits per heavy atom. The molecular weight excluding hydrogens is 384 g/mol. The number of carbonyl (C=O) groups is 1. The second kappa shape index (κ2) is 12.9. The fourth-order valence-electron chi connectivity index (χ4n) is 1.31. The fourth-order valence-corrected chi connectivity index (χ4v) is 1.31. The number of carbonyl (C=O) groups excluding carboxylic acids is 1. The number of amides is 1. The summed E-state index contributed by atoms with van der Waals surface area (Å²) in [6.45, 7) is 4.26. The smallest absolute Gasteiger partial charge is 0.229 e. The number of aliphatic hydroxyl groups is 1. The maximum absolute atomic E-state index is 11.4. The number of likely N-dealkylation sites (N-methyl/N-ethyl adjacent to an activating group) is 1. The molecule has 116 valence electrons. The van der Waals surface area contributed by atoms with E-state index >= 15 is 0 Å². The van der Waals surface area contributed by atoms with Crippen molar-refractivity contribution in [1.82, 2.24) is 5.32 Å². The zero-order valence-electron chi connectivity index (χ0n) is 11.7. The molecule has 0 saturated heterocycles. The first-order valence-corrected chi connectivity index (χ1v) is 5.81. The number of halogens is 2. The third-order valence-electron chi connectivity index (χ3n) is 2.38. The first-order chi connectivity index (χ1) is 7.91. The Labute approximate surface area is 138 Å². The Balaban J connectivity index is -0.00000128. The average molecular weight is 410 g/mol. The first-order valence-electron chi connectivity index (χ1n) is 5.81. The highest BCUT2D eigenvalue weighted by molar-refractivity contribution is 5.95. The maximum Gasteiger partial charge on any atom is 0.229 e. The largest absolute Gasteiger partial charge is 1.00 e. The molecule has 1 amide bonds. The standard InChI is InChI=1S/C11H23N3O3.ClH.HI/c1-4-17-10(12)9-11(16)13-5-6-14(2,3)7-8-15;;/h12,15H,4-9H2,1-3H3;2*1H. The number of hydrogen-bond acceptors (Lipinski definition) is 4. The number of quaternary nitrogens is 1. The van der Waals surface area contributed by atoms with Gasteiger partial charge in [0.05, 0.1) is 40.4 Å². The SMILES string of the molecule is CCOC(=N)CC(=O)NCC[N+](C)(C)CCO.Cl.[I-]. The van der Waals surface area contributed by atoms with Crippen molar-refractivity contribution in [3.8, 4) is 0 Å². The molecule has 19 heavy (non-hydrogen) atoms. The van der Waals surface area contributed by atoms with Gasteiger partial charge in [-0.15, -0.1) is 12.4 Å². The van der Waals surface area contributed by atoms with Crippen molar-refractivity contribution in [2.75, 3.05) is 46.9 Å². The number of nitrogens with zero attached hydrogens (tertiary/aromatic N) is 1. The van der Waals surface area contributed by atoms with Crippen LogP contribution in [0.25, 0.3) is 0 Å². The lowest BCUT2D eigenvalue weighted by molar-refractivity contribution is -0.889. The minimum Gasteiger partial charge on any atom is -1.00 e. The van der Waals surface area contributed by atoms with Gasteiger partial charge in [-0.25, -0.2) is 0 Å². The Morgan fingerprint density at radius 1 is 1.37 bits per heavy atom. The van der Waals surface area contributed by atoms with Crippen LogP contribution in [-0.2, 0) is 9.53 Å². The zero-order chi connectivity index (χ0) is 13.3. The van der Waals surface area contributed by atoms with E-state index < -0.39 is 0 Å². The van der Waals surface area contributed by atoms with E-state index in [0.29, 0.717) is 24.2 Å². The highest BCUT2D eigenvalue weighted by Gasteiger charge is 2.14. The van der Waals surface area contributed by atoms with Crippen LogP contribution in [0.4, 0.5) is 0 Å². The third kappa shape index (κ3) is 14.1. The quantitative estimate of drug-likeness (QED) is 0.173. The number of nitrogens with one attached hydrogen (secondary N) is 2. The second-order valence-corrected chi connectivity index (χ2v) is 4.49. The van der Waals surface area contributed by atoms with E-state index in [1.165, 1.54) is 0 Å². The summed E-state index contributed by atoms with van der Waals surface area (Å²) >= 11 is 0. The van der Waals surface area contributed by atoms with Crippen molar-refractivity contribution in [3.05, 3.63) is 0 Å². The number of ether oxygens (including phenoxy) is 1. The summed E-state index contributed by atoms with van der Waals surface area (Å²) in [4.78, 5) is 11.4. The minimum absolute atomic E-state index is 0. The summed E-state index contributed by atoms with van der Waals surface area (Å²) in [7, 11) is 3.98. The molecule has 0 fully saturated rings. The second-order valence-electron chi connectivity index (χ2n) is 4.49. The topological polar surface area (TPSA) is 82.4 Å². The lowest BCUT2D eigenvalue weighted by Gasteiger charge is -2.28. The molecule has 0 heterocycles. The molecule has 0 aliphatic rings. The van der Waals surface area contributed by atoms with Gasteiger partial charge in [0.1, 0.15) is 13.0 Å². The highest BCUT2D eigenvalue weighted by atomic mass is 127. The number of hydrogen-bond donors (Lipinski definition) is 3. The molecule has 0 aromatic rings. The molecule has 6 nitrogen and oxygen atoms in total. The zero-order valence-corrected chi connectivity index (χ0v) is 14.7. The van der Waals surface area contributed by atoms with Gasteiger partial charge in [-0.3, -0.25) is 10.2 Å². The summed E-state index contributed by atoms with van der Waals surface area (Å²) in [5.74, 6) is -0.207. The number of aliphatic hydroxyl groups excluding tert-OH is 1. The lowest BCUT2D eigenvalue weighted by Crippen LogP contribution is -3.00. The average Bonchev–Trinajstić information content (AvgIpc) is 2.16. The molecule has 0 rings (SSSR count). The molecule has 0 aliphatic carbocycles. The van der Waals surface area contributed by atoms with Crippen LogP contribution >= 0.6 is 12.4 Å². The van der Waals surface area contributed by atoms with E-state index in [4.69, 9.17) is 15.3 Å². The molecule has 0 radical (unpaired) electrons. The van der Waals surface area contributed by atoms with E-state index in [1.54, 1.807) is 6.92 Å². The Hall–Kier alpha value is -0.120. The van der Waals surface area contributed by atoms with Gasteiger partial charge in [0.15, 0.2) is 5.90 Å². The van der Waals surface area contributed by atoms with Crippen LogP contribution in [0.1, 0.15) is 13.3 Å². The normalized spacial score (nSPS) is 9.89. The van der Waals surface area contributed by atoms with Gasteiger partial charge in [0.2, 0.25) is 5.91 Å². The van der Waals surface area contributed by atoms with E-state index in [-0.39, 0.29) is 61.2 Å². The molecule has 8 heteroatoms. The van der Waals surface area contributed by atoms with Crippen LogP contribution in [-0.4, -0.2) is 68.3 Å². The van der Waals surface area contributed by atoms with E-state index in [0.717, 1.165) is 6.54 Å². The van der Waals surface area contributed by atoms with Crippen LogP contribution < -0.4 is 29.3 Å². The third-order valence-corrected chi connectivity index (χ3v) is 2.38. The summed E-state index contributed by atoms with van der Waals surface area (Å²) in [6.07, 6.45) is -0.0126. The van der Waals surface area contributed by atoms with Gasteiger partial charge < -0.3 is 43.6 Å². The van der Waals surface area contributed by atoms with Crippen LogP contribution in [0.3, 0.4) is 0 Å². The molecule has 0 bridgehead atoms. The maximum atomic E-state index is 11.4. The van der Waals surface area contributed by atoms with Crippen LogP contribution in [0.5, 0.6) is 0 Å². The summed E-state index contributed by atoms with van der Waals surface area (Å²) in [5.41, 5.74) is 0. The van der Waals surface area contributed by atoms with Gasteiger partial charge in [0, 0.05) is 0 Å². The first kappa shape index (κ1) is 23.9. The fraction of sp³-hybridized carbons (Fsp3) is 0.818. The van der Waals surface area contributed by atoms with Gasteiger partial charge >= 0.3 is 0 Å². The lowest BCUT2D eigenvalue weighted by atomic mass is 10.3. The molecule has 0 saturated carbocycles. The molecule has 3 N–H and O–H groups in total. The predicted molar refractivity (Wildman–Crippen MR) is 73.2 cm³/mol. The molecule has 0 unspecified atom stereocenters. The van der Waals surface area contributed by atoms with Crippen molar-refractivity contribution in [2.24, 2.45) is 0 Å². The summed E-state index contributed by atoms with van der Waals surface area (Å²) in [5, 5.41) is 18.9. The van der Waals surface area contributed by atoms with Crippen molar-refractivity contribution < 1.29 is 43.1 Å². The van der Waals surface area contributed by atoms with Gasteiger partial charge in [-0.2, -0.15) is 0 Å². The van der Waals surface area contributed by atoms with Crippen molar-refractivity contribution in [2.45, 2.75) is 13.3 Å². The van der Waals surface area contributed by atoms with Crippen LogP contribution in [0.15, 0.2) is 0 Å². The summed E-state index contributed by atoms with van der Waals surface area (Å²) < 4.78 is 5.54. The Bertz CT molecular complexity index is 266. The summed E-state index contributed by atoms with van der Waals surface area (Å²) in [6, 6.07) is 0. The predicted octanol–water partition coefficient (Wildman–Crippen LogP) is -3.00. The van der Waals surface area contributed by atoms with Gasteiger partial charge in [-0.1, -0.05) is 0 Å². The molecule has 0 spiro atoms. The van der Waals surface area contributed by atoms with Crippen molar-refractivity contribution in [3.63, 3.8) is 0 Å². The number of rotatable bonds is 8. The Morgan fingerprint density at radius 3 is 2.42 bits per heavy atom. The van der Waals surface area contributed by atoms with Crippen LogP contribution in [0.2, 0.25) is 0 Å². The minimum atomic E-state index is -0.201. The molecule has 0 aliphatic heterocycles. The van der Waals surface area contributed by atoms with Crippen molar-refractivity contribution >= 4 is 24.2 Å². The van der Waals surface area contributed by atoms with Crippen molar-refractivity contribution in [1.29, 1.82) is 5.41 Å². The highest BCUT2D eigenvalue weighted by Crippen LogP contribution is 1.94. The van der Waals surface area contributed by atoms with E-state index in [2.05, 4.69) is 5.32 Å². The monoisotopic (exact) mass is 409 g/mol.